The third kappa shape index (κ3) is 3.37. The highest BCUT2D eigenvalue weighted by Crippen LogP contribution is 1.92. The van der Waals surface area contributed by atoms with Crippen molar-refractivity contribution in [3.8, 4) is 0 Å². The summed E-state index contributed by atoms with van der Waals surface area (Å²) in [7, 11) is 3.39. The van der Waals surface area contributed by atoms with Crippen LogP contribution in [0.15, 0.2) is 5.16 Å². The van der Waals surface area contributed by atoms with E-state index in [0.717, 1.165) is 0 Å². The number of oxime groups is 1. The van der Waals surface area contributed by atoms with Crippen LogP contribution in [0.3, 0.4) is 0 Å². The highest BCUT2D eigenvalue weighted by Gasteiger charge is 2.11. The predicted octanol–water partition coefficient (Wildman–Crippen LogP) is 0.877. The van der Waals surface area contributed by atoms with Crippen LogP contribution in [0.25, 0.3) is 0 Å². The SMILES string of the molecule is CCON=C(CC)C(=O)N(C)C. The molecule has 0 bridgehead atoms. The van der Waals surface area contributed by atoms with Gasteiger partial charge in [0.2, 0.25) is 0 Å². The molecule has 4 nitrogen and oxygen atoms in total. The van der Waals surface area contributed by atoms with Gasteiger partial charge in [-0.15, -0.1) is 0 Å². The molecule has 4 heteroatoms. The lowest BCUT2D eigenvalue weighted by Gasteiger charge is -2.10. The van der Waals surface area contributed by atoms with Gasteiger partial charge in [0.25, 0.3) is 5.91 Å². The van der Waals surface area contributed by atoms with Crippen molar-refractivity contribution in [1.82, 2.24) is 4.90 Å². The van der Waals surface area contributed by atoms with Gasteiger partial charge in [-0.3, -0.25) is 4.79 Å². The van der Waals surface area contributed by atoms with Gasteiger partial charge in [0.1, 0.15) is 12.3 Å². The van der Waals surface area contributed by atoms with E-state index in [2.05, 4.69) is 5.16 Å². The van der Waals surface area contributed by atoms with Crippen molar-refractivity contribution in [2.24, 2.45) is 5.16 Å². The van der Waals surface area contributed by atoms with Crippen LogP contribution in [0, 0.1) is 0 Å². The summed E-state index contributed by atoms with van der Waals surface area (Å²) in [4.78, 5) is 17.6. The fourth-order valence-electron chi connectivity index (χ4n) is 0.655. The Morgan fingerprint density at radius 3 is 2.33 bits per heavy atom. The fourth-order valence-corrected chi connectivity index (χ4v) is 0.655. The van der Waals surface area contributed by atoms with E-state index in [1.54, 1.807) is 14.1 Å². The summed E-state index contributed by atoms with van der Waals surface area (Å²) >= 11 is 0. The molecule has 0 aliphatic rings. The molecular formula is C8H16N2O2. The zero-order valence-electron chi connectivity index (χ0n) is 8.13. The van der Waals surface area contributed by atoms with Gasteiger partial charge in [-0.2, -0.15) is 0 Å². The van der Waals surface area contributed by atoms with E-state index in [1.165, 1.54) is 4.90 Å². The predicted molar refractivity (Wildman–Crippen MR) is 48.0 cm³/mol. The van der Waals surface area contributed by atoms with Crippen molar-refractivity contribution in [2.45, 2.75) is 20.3 Å². The molecule has 0 atom stereocenters. The minimum atomic E-state index is -0.0917. The second-order valence-corrected chi connectivity index (χ2v) is 2.51. The molecule has 0 saturated carbocycles. The lowest BCUT2D eigenvalue weighted by atomic mass is 10.3. The first-order valence-electron chi connectivity index (χ1n) is 4.03. The minimum Gasteiger partial charge on any atom is -0.396 e. The zero-order chi connectivity index (χ0) is 9.56. The van der Waals surface area contributed by atoms with Gasteiger partial charge in [0.05, 0.1) is 0 Å². The van der Waals surface area contributed by atoms with E-state index >= 15 is 0 Å². The largest absolute Gasteiger partial charge is 0.396 e. The molecule has 0 saturated heterocycles. The fraction of sp³-hybridized carbons (Fsp3) is 0.750. The topological polar surface area (TPSA) is 41.9 Å². The van der Waals surface area contributed by atoms with Crippen LogP contribution in [0.4, 0.5) is 0 Å². The molecule has 0 aromatic carbocycles. The number of amides is 1. The highest BCUT2D eigenvalue weighted by atomic mass is 16.6. The summed E-state index contributed by atoms with van der Waals surface area (Å²) in [5.74, 6) is -0.0917. The average molecular weight is 172 g/mol. The van der Waals surface area contributed by atoms with Gasteiger partial charge >= 0.3 is 0 Å². The molecule has 0 heterocycles. The van der Waals surface area contributed by atoms with Gasteiger partial charge in [0, 0.05) is 14.1 Å². The molecule has 0 unspecified atom stereocenters. The number of rotatable bonds is 4. The molecule has 70 valence electrons. The van der Waals surface area contributed by atoms with Gasteiger partial charge < -0.3 is 9.74 Å². The maximum absolute atomic E-state index is 11.3. The van der Waals surface area contributed by atoms with Crippen LogP contribution >= 0.6 is 0 Å². The Morgan fingerprint density at radius 1 is 1.42 bits per heavy atom. The summed E-state index contributed by atoms with van der Waals surface area (Å²) in [6, 6.07) is 0. The molecule has 0 aromatic heterocycles. The van der Waals surface area contributed by atoms with E-state index in [0.29, 0.717) is 18.7 Å². The molecule has 0 aromatic rings. The maximum Gasteiger partial charge on any atom is 0.271 e. The van der Waals surface area contributed by atoms with Crippen molar-refractivity contribution in [2.75, 3.05) is 20.7 Å². The van der Waals surface area contributed by atoms with Crippen LogP contribution in [-0.4, -0.2) is 37.2 Å². The van der Waals surface area contributed by atoms with Crippen LogP contribution < -0.4 is 0 Å². The van der Waals surface area contributed by atoms with E-state index in [9.17, 15) is 4.79 Å². The van der Waals surface area contributed by atoms with Gasteiger partial charge in [-0.05, 0) is 13.3 Å². The lowest BCUT2D eigenvalue weighted by molar-refractivity contribution is -0.122. The Morgan fingerprint density at radius 2 is 2.00 bits per heavy atom. The first-order valence-corrected chi connectivity index (χ1v) is 4.03. The first-order chi connectivity index (χ1) is 5.63. The van der Waals surface area contributed by atoms with E-state index < -0.39 is 0 Å². The summed E-state index contributed by atoms with van der Waals surface area (Å²) in [6.45, 7) is 4.19. The van der Waals surface area contributed by atoms with Crippen LogP contribution in [0.1, 0.15) is 20.3 Å². The van der Waals surface area contributed by atoms with E-state index in [-0.39, 0.29) is 5.91 Å². The second-order valence-electron chi connectivity index (χ2n) is 2.51. The Bertz CT molecular complexity index is 176. The molecule has 0 radical (unpaired) electrons. The molecule has 0 fully saturated rings. The Hall–Kier alpha value is -1.06. The van der Waals surface area contributed by atoms with Crippen LogP contribution in [0.2, 0.25) is 0 Å². The number of hydrogen-bond donors (Lipinski definition) is 0. The Balaban J connectivity index is 4.23. The molecule has 12 heavy (non-hydrogen) atoms. The normalized spacial score (nSPS) is 11.2. The lowest BCUT2D eigenvalue weighted by Crippen LogP contribution is -2.29. The smallest absolute Gasteiger partial charge is 0.271 e. The second kappa shape index (κ2) is 5.57. The van der Waals surface area contributed by atoms with Crippen LogP contribution in [0.5, 0.6) is 0 Å². The summed E-state index contributed by atoms with van der Waals surface area (Å²) in [5.41, 5.74) is 0.460. The van der Waals surface area contributed by atoms with Crippen molar-refractivity contribution in [3.63, 3.8) is 0 Å². The summed E-state index contributed by atoms with van der Waals surface area (Å²) in [5, 5.41) is 3.71. The number of nitrogens with zero attached hydrogens (tertiary/aromatic N) is 2. The molecule has 0 spiro atoms. The Kier molecular flexibility index (Phi) is 5.08. The highest BCUT2D eigenvalue weighted by molar-refractivity contribution is 6.38. The first kappa shape index (κ1) is 10.9. The molecule has 0 rings (SSSR count). The quantitative estimate of drug-likeness (QED) is 0.466. The summed E-state index contributed by atoms with van der Waals surface area (Å²) < 4.78 is 0. The molecule has 1 amide bonds. The standard InChI is InChI=1S/C8H16N2O2/c1-5-7(9-12-6-2)8(11)10(3)4/h5-6H2,1-4H3. The number of hydrogen-bond acceptors (Lipinski definition) is 3. The van der Waals surface area contributed by atoms with Gasteiger partial charge in [-0.1, -0.05) is 12.1 Å². The Labute approximate surface area is 73.2 Å². The van der Waals surface area contributed by atoms with Crippen molar-refractivity contribution in [3.05, 3.63) is 0 Å². The van der Waals surface area contributed by atoms with E-state index in [1.807, 2.05) is 13.8 Å². The third-order valence-corrected chi connectivity index (χ3v) is 1.29. The van der Waals surface area contributed by atoms with E-state index in [4.69, 9.17) is 4.84 Å². The molecule has 0 aliphatic carbocycles. The number of carbonyl (C=O) groups is 1. The maximum atomic E-state index is 11.3. The van der Waals surface area contributed by atoms with Crippen LogP contribution in [-0.2, 0) is 9.63 Å². The third-order valence-electron chi connectivity index (χ3n) is 1.29. The monoisotopic (exact) mass is 172 g/mol. The van der Waals surface area contributed by atoms with Crippen molar-refractivity contribution >= 4 is 11.6 Å². The van der Waals surface area contributed by atoms with Crippen molar-refractivity contribution < 1.29 is 9.63 Å². The van der Waals surface area contributed by atoms with Gasteiger partial charge in [-0.25, -0.2) is 0 Å². The average Bonchev–Trinajstić information content (AvgIpc) is 2.05. The number of carbonyl (C=O) groups excluding carboxylic acids is 1. The molecular weight excluding hydrogens is 156 g/mol. The molecule has 0 aliphatic heterocycles. The van der Waals surface area contributed by atoms with Crippen molar-refractivity contribution in [1.29, 1.82) is 0 Å². The minimum absolute atomic E-state index is 0.0917. The summed E-state index contributed by atoms with van der Waals surface area (Å²) in [6.07, 6.45) is 0.594. The van der Waals surface area contributed by atoms with Gasteiger partial charge in [0.15, 0.2) is 0 Å². The zero-order valence-corrected chi connectivity index (χ0v) is 8.13. The molecule has 0 N–H and O–H groups in total.